The van der Waals surface area contributed by atoms with E-state index in [1.54, 1.807) is 6.20 Å². The molecule has 0 bridgehead atoms. The van der Waals surface area contributed by atoms with Crippen molar-refractivity contribution in [1.82, 2.24) is 24.6 Å². The van der Waals surface area contributed by atoms with Crippen molar-refractivity contribution in [1.29, 1.82) is 0 Å². The maximum Gasteiger partial charge on any atom is 0.413 e. The first-order valence-electron chi connectivity index (χ1n) is 13.3. The van der Waals surface area contributed by atoms with Gasteiger partial charge in [-0.05, 0) is 49.9 Å². The molecule has 4 aromatic rings. The molecule has 1 aromatic carbocycles. The van der Waals surface area contributed by atoms with Crippen molar-refractivity contribution in [3.63, 3.8) is 0 Å². The zero-order chi connectivity index (χ0) is 27.8. The number of rotatable bonds is 5. The van der Waals surface area contributed by atoms with Crippen LogP contribution in [0.25, 0.3) is 27.5 Å². The summed E-state index contributed by atoms with van der Waals surface area (Å²) in [5.74, 6) is 0.00311. The second kappa shape index (κ2) is 10.9. The maximum absolute atomic E-state index is 13.3. The number of aromatic nitrogens is 4. The van der Waals surface area contributed by atoms with Gasteiger partial charge >= 0.3 is 6.09 Å². The van der Waals surface area contributed by atoms with Crippen LogP contribution >= 0.6 is 11.3 Å². The minimum absolute atomic E-state index is 0.00311. The molecular formula is C28H29BN6O4S. The number of carbonyl (C=O) groups is 2. The topological polar surface area (TPSA) is 111 Å². The van der Waals surface area contributed by atoms with Crippen molar-refractivity contribution in [3.05, 3.63) is 59.5 Å². The number of anilines is 1. The van der Waals surface area contributed by atoms with Gasteiger partial charge in [0.05, 0.1) is 34.8 Å². The third-order valence-corrected chi connectivity index (χ3v) is 8.59. The molecule has 1 aliphatic carbocycles. The first-order valence-corrected chi connectivity index (χ1v) is 14.1. The molecule has 10 nitrogen and oxygen atoms in total. The largest absolute Gasteiger partial charge is 0.453 e. The average Bonchev–Trinajstić information content (AvgIpc) is 3.58. The zero-order valence-corrected chi connectivity index (χ0v) is 23.5. The fraction of sp³-hybridized carbons (Fsp3) is 0.321. The summed E-state index contributed by atoms with van der Waals surface area (Å²) in [6.07, 6.45) is 6.18. The zero-order valence-electron chi connectivity index (χ0n) is 22.6. The number of ether oxygens (including phenoxy) is 2. The summed E-state index contributed by atoms with van der Waals surface area (Å²) in [7, 11) is 5.20. The molecule has 0 radical (unpaired) electrons. The highest BCUT2D eigenvalue weighted by Gasteiger charge is 2.31. The lowest BCUT2D eigenvalue weighted by Crippen LogP contribution is -2.40. The van der Waals surface area contributed by atoms with Crippen LogP contribution in [0.2, 0.25) is 0 Å². The van der Waals surface area contributed by atoms with E-state index in [1.807, 2.05) is 61.0 Å². The molecule has 1 N–H and O–H groups in total. The van der Waals surface area contributed by atoms with E-state index in [0.717, 1.165) is 69.9 Å². The average molecular weight is 556 g/mol. The molecule has 1 aliphatic heterocycles. The normalized spacial score (nSPS) is 14.8. The van der Waals surface area contributed by atoms with Crippen LogP contribution in [0.4, 0.5) is 9.93 Å². The molecule has 2 aliphatic rings. The van der Waals surface area contributed by atoms with Gasteiger partial charge in [-0.2, -0.15) is 5.10 Å². The number of aryl methyl sites for hydroxylation is 1. The van der Waals surface area contributed by atoms with Gasteiger partial charge in [-0.1, -0.05) is 22.9 Å². The molecular weight excluding hydrogens is 527 g/mol. The maximum atomic E-state index is 13.3. The number of thiazole rings is 1. The summed E-state index contributed by atoms with van der Waals surface area (Å²) in [6.45, 7) is 1.36. The van der Waals surface area contributed by atoms with E-state index in [0.29, 0.717) is 23.9 Å². The number of pyridine rings is 1. The lowest BCUT2D eigenvalue weighted by molar-refractivity contribution is 0.0362. The Bertz CT molecular complexity index is 1580. The van der Waals surface area contributed by atoms with Crippen molar-refractivity contribution >= 4 is 41.8 Å². The molecule has 204 valence electrons. The molecule has 1 saturated heterocycles. The smallest absolute Gasteiger partial charge is 0.413 e. The second-order valence-electron chi connectivity index (χ2n) is 10.0. The fourth-order valence-corrected chi connectivity index (χ4v) is 6.49. The van der Waals surface area contributed by atoms with Crippen molar-refractivity contribution < 1.29 is 19.1 Å². The Morgan fingerprint density at radius 2 is 2.05 bits per heavy atom. The molecule has 0 spiro atoms. The van der Waals surface area contributed by atoms with Gasteiger partial charge in [0.25, 0.3) is 5.91 Å². The molecule has 6 rings (SSSR count). The molecule has 2 amide bonds. The number of nitrogens with one attached hydrogen (secondary N) is 1. The van der Waals surface area contributed by atoms with E-state index >= 15 is 0 Å². The summed E-state index contributed by atoms with van der Waals surface area (Å²) < 4.78 is 12.2. The Morgan fingerprint density at radius 3 is 2.77 bits per heavy atom. The highest BCUT2D eigenvalue weighted by Crippen LogP contribution is 2.44. The molecule has 0 atom stereocenters. The quantitative estimate of drug-likeness (QED) is 0.377. The molecule has 40 heavy (non-hydrogen) atoms. The number of methoxy groups -OCH3 is 1. The van der Waals surface area contributed by atoms with Gasteiger partial charge in [-0.15, -0.1) is 0 Å². The number of hydrogen-bond donors (Lipinski definition) is 1. The fourth-order valence-electron chi connectivity index (χ4n) is 5.44. The minimum Gasteiger partial charge on any atom is -0.453 e. The minimum atomic E-state index is -0.558. The predicted octanol–water partition coefficient (Wildman–Crippen LogP) is 2.84. The Kier molecular flexibility index (Phi) is 7.12. The van der Waals surface area contributed by atoms with E-state index < -0.39 is 6.09 Å². The van der Waals surface area contributed by atoms with Crippen molar-refractivity contribution in [2.45, 2.75) is 31.7 Å². The first-order chi connectivity index (χ1) is 19.4. The Morgan fingerprint density at radius 1 is 1.23 bits per heavy atom. The van der Waals surface area contributed by atoms with Crippen LogP contribution in [0.1, 0.15) is 34.5 Å². The van der Waals surface area contributed by atoms with Gasteiger partial charge in [-0.25, -0.2) is 14.5 Å². The van der Waals surface area contributed by atoms with Crippen LogP contribution in [-0.4, -0.2) is 77.9 Å². The predicted molar refractivity (Wildman–Crippen MR) is 155 cm³/mol. The second-order valence-corrected chi connectivity index (χ2v) is 11.0. The number of carbonyl (C=O) groups excluding carboxylic acids is 2. The molecule has 0 saturated carbocycles. The standard InChI is InChI=1S/C28H29BN6O4S/c1-34(18-9-12-39-13-10-18)26(36)16-5-8-22(20(29)14-16)35-24-19(23(33-35)17-4-3-11-30-15-17)6-7-21-25(24)40-27(31-21)32-28(37)38-2/h3-5,8,11,14-15,18H,6-7,9-10,12-13,29H2,1-2H3,(H,31,32,37). The third kappa shape index (κ3) is 4.77. The van der Waals surface area contributed by atoms with Gasteiger partial charge in [0, 0.05) is 55.4 Å². The summed E-state index contributed by atoms with van der Waals surface area (Å²) >= 11 is 1.40. The van der Waals surface area contributed by atoms with Crippen LogP contribution in [0.15, 0.2) is 42.7 Å². The lowest BCUT2D eigenvalue weighted by atomic mass is 9.91. The summed E-state index contributed by atoms with van der Waals surface area (Å²) in [5, 5.41) is 8.28. The van der Waals surface area contributed by atoms with Gasteiger partial charge < -0.3 is 14.4 Å². The SMILES string of the molecule is Bc1cc(C(=O)N(C)C2CCOCC2)ccc1-n1nc(-c2cccnc2)c2c1-c1sc(NC(=O)OC)nc1CC2. The number of fused-ring (bicyclic) bond motifs is 3. The van der Waals surface area contributed by atoms with Crippen LogP contribution < -0.4 is 10.8 Å². The summed E-state index contributed by atoms with van der Waals surface area (Å²) in [4.78, 5) is 37.0. The lowest BCUT2D eigenvalue weighted by Gasteiger charge is -2.31. The molecule has 0 unspecified atom stereocenters. The van der Waals surface area contributed by atoms with Gasteiger partial charge in [0.1, 0.15) is 7.85 Å². The van der Waals surface area contributed by atoms with Crippen molar-refractivity contribution in [2.75, 3.05) is 32.7 Å². The van der Waals surface area contributed by atoms with Gasteiger partial charge in [0.2, 0.25) is 0 Å². The Balaban J connectivity index is 1.42. The Hall–Kier alpha value is -4.03. The van der Waals surface area contributed by atoms with E-state index in [2.05, 4.69) is 15.3 Å². The first kappa shape index (κ1) is 26.2. The van der Waals surface area contributed by atoms with Crippen LogP contribution in [0.5, 0.6) is 0 Å². The van der Waals surface area contributed by atoms with Gasteiger partial charge in [-0.3, -0.25) is 15.1 Å². The van der Waals surface area contributed by atoms with Crippen LogP contribution in [0, 0.1) is 0 Å². The number of hydrogen-bond acceptors (Lipinski definition) is 8. The number of benzene rings is 1. The van der Waals surface area contributed by atoms with Crippen molar-refractivity contribution in [2.24, 2.45) is 0 Å². The summed E-state index contributed by atoms with van der Waals surface area (Å²) in [5.41, 5.74) is 7.20. The van der Waals surface area contributed by atoms with Crippen LogP contribution in [-0.2, 0) is 22.3 Å². The highest BCUT2D eigenvalue weighted by molar-refractivity contribution is 7.19. The summed E-state index contributed by atoms with van der Waals surface area (Å²) in [6, 6.07) is 9.86. The molecule has 4 heterocycles. The van der Waals surface area contributed by atoms with E-state index in [4.69, 9.17) is 14.6 Å². The molecule has 1 fully saturated rings. The van der Waals surface area contributed by atoms with Gasteiger partial charge in [0.15, 0.2) is 5.13 Å². The highest BCUT2D eigenvalue weighted by atomic mass is 32.1. The monoisotopic (exact) mass is 556 g/mol. The third-order valence-electron chi connectivity index (χ3n) is 7.57. The van der Waals surface area contributed by atoms with E-state index in [1.165, 1.54) is 18.4 Å². The Labute approximate surface area is 236 Å². The molecule has 3 aromatic heterocycles. The van der Waals surface area contributed by atoms with E-state index in [-0.39, 0.29) is 11.9 Å². The van der Waals surface area contributed by atoms with Crippen molar-refractivity contribution in [3.8, 4) is 27.5 Å². The van der Waals surface area contributed by atoms with Crippen LogP contribution in [0.3, 0.4) is 0 Å². The number of amides is 2. The number of nitrogens with zero attached hydrogens (tertiary/aromatic N) is 5. The molecule has 12 heteroatoms. The van der Waals surface area contributed by atoms with E-state index in [9.17, 15) is 9.59 Å².